The number of ether oxygens (including phenoxy) is 1. The number of rotatable bonds is 13. The summed E-state index contributed by atoms with van der Waals surface area (Å²) in [5.74, 6) is -1.21. The van der Waals surface area contributed by atoms with Gasteiger partial charge in [0.25, 0.3) is 0 Å². The van der Waals surface area contributed by atoms with Crippen LogP contribution in [0.15, 0.2) is 42.6 Å². The van der Waals surface area contributed by atoms with Gasteiger partial charge >= 0.3 is 5.97 Å². The minimum absolute atomic E-state index is 0.0351. The molecule has 0 aliphatic rings. The average Bonchev–Trinajstić information content (AvgIpc) is 3.11. The molecule has 0 radical (unpaired) electrons. The number of carbonyl (C=O) groups excluding carboxylic acids is 1. The number of fused-ring (bicyclic) bond motifs is 1. The molecular weight excluding hydrogens is 430 g/mol. The second-order valence-electron chi connectivity index (χ2n) is 8.55. The lowest BCUT2D eigenvalue weighted by Gasteiger charge is -2.13. The molecule has 0 aliphatic carbocycles. The van der Waals surface area contributed by atoms with Gasteiger partial charge in [0, 0.05) is 49.3 Å². The van der Waals surface area contributed by atoms with Crippen molar-refractivity contribution in [1.29, 1.82) is 0 Å². The largest absolute Gasteiger partial charge is 0.481 e. The third kappa shape index (κ3) is 6.30. The van der Waals surface area contributed by atoms with Gasteiger partial charge in [-0.2, -0.15) is 0 Å². The molecule has 0 saturated carbocycles. The van der Waals surface area contributed by atoms with E-state index in [9.17, 15) is 14.7 Å². The molecule has 0 fully saturated rings. The molecule has 1 N–H and O–H groups in total. The highest BCUT2D eigenvalue weighted by Gasteiger charge is 2.25. The van der Waals surface area contributed by atoms with Gasteiger partial charge in [-0.3, -0.25) is 9.59 Å². The number of aromatic nitrogens is 2. The van der Waals surface area contributed by atoms with Crippen molar-refractivity contribution in [2.75, 3.05) is 6.61 Å². The first kappa shape index (κ1) is 25.1. The Morgan fingerprint density at radius 1 is 1.21 bits per heavy atom. The zero-order chi connectivity index (χ0) is 24.5. The number of Topliss-reactive ketones (excluding diaryl/α,β-unsaturated/α-hetero) is 1. The topological polar surface area (TPSA) is 85.8 Å². The van der Waals surface area contributed by atoms with Crippen molar-refractivity contribution in [3.63, 3.8) is 0 Å². The Balaban J connectivity index is 1.75. The van der Waals surface area contributed by atoms with Gasteiger partial charge in [-0.25, -0.2) is 9.83 Å². The predicted molar refractivity (Wildman–Crippen MR) is 131 cm³/mol. The first-order valence-electron chi connectivity index (χ1n) is 11.7. The first-order chi connectivity index (χ1) is 16.4. The first-order valence-corrected chi connectivity index (χ1v) is 11.7. The third-order valence-corrected chi connectivity index (χ3v) is 6.12. The van der Waals surface area contributed by atoms with Crippen molar-refractivity contribution in [1.82, 2.24) is 9.55 Å². The fraction of sp³-hybridized carbons (Fsp3) is 0.407. The molecule has 7 heteroatoms. The molecule has 0 unspecified atom stereocenters. The van der Waals surface area contributed by atoms with E-state index in [1.807, 2.05) is 48.9 Å². The molecule has 3 rings (SSSR count). The zero-order valence-electron chi connectivity index (χ0n) is 19.8. The number of unbranched alkanes of at least 4 members (excludes halogenated alkanes) is 1. The summed E-state index contributed by atoms with van der Waals surface area (Å²) in [5, 5.41) is 9.85. The summed E-state index contributed by atoms with van der Waals surface area (Å²) < 4.78 is 7.71. The van der Waals surface area contributed by atoms with Crippen LogP contribution in [0, 0.1) is 12.5 Å². The molecule has 0 bridgehead atoms. The Bertz CT molecular complexity index is 1180. The number of hydrogen-bond donors (Lipinski definition) is 1. The number of carbonyl (C=O) groups is 2. The minimum atomic E-state index is -0.898. The van der Waals surface area contributed by atoms with E-state index in [4.69, 9.17) is 11.3 Å². The second kappa shape index (κ2) is 12.1. The van der Waals surface area contributed by atoms with Crippen LogP contribution in [-0.2, 0) is 29.6 Å². The molecule has 178 valence electrons. The maximum atomic E-state index is 13.4. The van der Waals surface area contributed by atoms with Crippen LogP contribution in [-0.4, -0.2) is 33.0 Å². The molecule has 7 nitrogen and oxygen atoms in total. The lowest BCUT2D eigenvalue weighted by Crippen LogP contribution is -2.14. The number of carboxylic acid groups (broad SMARTS) is 1. The number of aliphatic carboxylic acids is 1. The van der Waals surface area contributed by atoms with Gasteiger partial charge in [0.1, 0.15) is 5.65 Å². The lowest BCUT2D eigenvalue weighted by atomic mass is 9.91. The van der Waals surface area contributed by atoms with Crippen molar-refractivity contribution >= 4 is 28.5 Å². The van der Waals surface area contributed by atoms with Crippen molar-refractivity contribution in [2.24, 2.45) is 13.0 Å². The molecule has 34 heavy (non-hydrogen) atoms. The van der Waals surface area contributed by atoms with Gasteiger partial charge in [-0.1, -0.05) is 43.7 Å². The van der Waals surface area contributed by atoms with Crippen molar-refractivity contribution in [2.45, 2.75) is 52.1 Å². The number of hydrogen-bond acceptors (Lipinski definition) is 4. The number of carboxylic acids is 1. The maximum absolute atomic E-state index is 13.4. The Kier molecular flexibility index (Phi) is 8.94. The number of nitrogens with zero attached hydrogens (tertiary/aromatic N) is 3. The minimum Gasteiger partial charge on any atom is -0.481 e. The van der Waals surface area contributed by atoms with Crippen molar-refractivity contribution in [3.8, 4) is 0 Å². The smallest absolute Gasteiger partial charge is 0.303 e. The molecule has 0 aliphatic heterocycles. The molecular formula is C27H31N3O4. The van der Waals surface area contributed by atoms with E-state index in [-0.39, 0.29) is 24.5 Å². The van der Waals surface area contributed by atoms with Gasteiger partial charge in [0.05, 0.1) is 13.2 Å². The van der Waals surface area contributed by atoms with Crippen LogP contribution in [0.3, 0.4) is 0 Å². The Morgan fingerprint density at radius 2 is 1.97 bits per heavy atom. The standard InChI is InChI=1S/C27H31N3O4/c1-4-19(15-25(32)33)14-24(31)26-22-16-21(28-2)17-29-27(22)30(3)23(26)12-8-9-13-34-18-20-10-6-5-7-11-20/h5-7,10-11,16-17,19H,4,8-9,12-15,18H2,1,3H3,(H,32,33)/t19-/m0/s1. The maximum Gasteiger partial charge on any atom is 0.303 e. The molecule has 3 aromatic rings. The van der Waals surface area contributed by atoms with E-state index in [1.165, 1.54) is 6.20 Å². The van der Waals surface area contributed by atoms with E-state index in [0.29, 0.717) is 48.3 Å². The fourth-order valence-electron chi connectivity index (χ4n) is 4.25. The quantitative estimate of drug-likeness (QED) is 0.199. The number of benzene rings is 1. The summed E-state index contributed by atoms with van der Waals surface area (Å²) in [4.78, 5) is 32.5. The summed E-state index contributed by atoms with van der Waals surface area (Å²) in [6, 6.07) is 11.7. The van der Waals surface area contributed by atoms with E-state index in [2.05, 4.69) is 9.83 Å². The SMILES string of the molecule is [C-]#[N+]c1cnc2c(c1)c(C(=O)C[C@H](CC)CC(=O)O)c(CCCCOCc1ccccc1)n2C. The Labute approximate surface area is 200 Å². The van der Waals surface area contributed by atoms with Crippen LogP contribution in [0.1, 0.15) is 60.6 Å². The highest BCUT2D eigenvalue weighted by Crippen LogP contribution is 2.31. The second-order valence-corrected chi connectivity index (χ2v) is 8.55. The highest BCUT2D eigenvalue weighted by molar-refractivity contribution is 6.09. The van der Waals surface area contributed by atoms with Crippen molar-refractivity contribution in [3.05, 3.63) is 70.8 Å². The third-order valence-electron chi connectivity index (χ3n) is 6.12. The van der Waals surface area contributed by atoms with Crippen LogP contribution >= 0.6 is 0 Å². The van der Waals surface area contributed by atoms with Gasteiger partial charge in [-0.05, 0) is 36.8 Å². The molecule has 2 aromatic heterocycles. The molecule has 1 aromatic carbocycles. The van der Waals surface area contributed by atoms with Gasteiger partial charge in [0.2, 0.25) is 5.69 Å². The summed E-state index contributed by atoms with van der Waals surface area (Å²) in [6.07, 6.45) is 4.61. The monoisotopic (exact) mass is 461 g/mol. The number of pyridine rings is 1. The lowest BCUT2D eigenvalue weighted by molar-refractivity contribution is -0.138. The zero-order valence-corrected chi connectivity index (χ0v) is 19.8. The summed E-state index contributed by atoms with van der Waals surface area (Å²) in [5.41, 5.74) is 3.63. The van der Waals surface area contributed by atoms with Crippen LogP contribution < -0.4 is 0 Å². The van der Waals surface area contributed by atoms with Crippen LogP contribution in [0.5, 0.6) is 0 Å². The van der Waals surface area contributed by atoms with Gasteiger partial charge < -0.3 is 14.4 Å². The van der Waals surface area contributed by atoms with Crippen LogP contribution in [0.2, 0.25) is 0 Å². The summed E-state index contributed by atoms with van der Waals surface area (Å²) in [7, 11) is 1.89. The van der Waals surface area contributed by atoms with Crippen LogP contribution in [0.4, 0.5) is 5.69 Å². The molecule has 0 amide bonds. The predicted octanol–water partition coefficient (Wildman–Crippen LogP) is 5.74. The van der Waals surface area contributed by atoms with Gasteiger partial charge in [0.15, 0.2) is 5.78 Å². The molecule has 1 atom stereocenters. The van der Waals surface area contributed by atoms with E-state index < -0.39 is 5.97 Å². The average molecular weight is 462 g/mol. The van der Waals surface area contributed by atoms with E-state index in [0.717, 1.165) is 24.1 Å². The fourth-order valence-corrected chi connectivity index (χ4v) is 4.25. The van der Waals surface area contributed by atoms with Gasteiger partial charge in [-0.15, -0.1) is 0 Å². The van der Waals surface area contributed by atoms with Crippen LogP contribution in [0.25, 0.3) is 15.9 Å². The summed E-state index contributed by atoms with van der Waals surface area (Å²) in [6.45, 7) is 10.4. The Hall–Kier alpha value is -3.50. The van der Waals surface area contributed by atoms with E-state index >= 15 is 0 Å². The van der Waals surface area contributed by atoms with Crippen molar-refractivity contribution < 1.29 is 19.4 Å². The molecule has 0 saturated heterocycles. The number of ketones is 1. The molecule has 0 spiro atoms. The number of aryl methyl sites for hydroxylation is 1. The molecule has 2 heterocycles. The Morgan fingerprint density at radius 3 is 2.65 bits per heavy atom. The summed E-state index contributed by atoms with van der Waals surface area (Å²) >= 11 is 0. The van der Waals surface area contributed by atoms with E-state index in [1.54, 1.807) is 6.07 Å². The normalized spacial score (nSPS) is 11.9. The highest BCUT2D eigenvalue weighted by atomic mass is 16.5.